The van der Waals surface area contributed by atoms with Crippen LogP contribution in [0.3, 0.4) is 0 Å². The van der Waals surface area contributed by atoms with Crippen molar-refractivity contribution in [2.45, 2.75) is 9.10 Å². The molecule has 0 saturated carbocycles. The molecular weight excluding hydrogens is 382 g/mol. The molecule has 0 radical (unpaired) electrons. The third kappa shape index (κ3) is 3.95. The van der Waals surface area contributed by atoms with Gasteiger partial charge in [-0.3, -0.25) is 14.5 Å². The van der Waals surface area contributed by atoms with Crippen LogP contribution in [0.25, 0.3) is 6.08 Å². The summed E-state index contributed by atoms with van der Waals surface area (Å²) in [5.41, 5.74) is 0. The van der Waals surface area contributed by atoms with E-state index in [1.165, 1.54) is 4.90 Å². The molecular formula is C17H12ClNO2S3. The van der Waals surface area contributed by atoms with E-state index in [0.29, 0.717) is 9.93 Å². The Kier molecular flexibility index (Phi) is 5.50. The highest BCUT2D eigenvalue weighted by atomic mass is 35.5. The van der Waals surface area contributed by atoms with Gasteiger partial charge in [0.15, 0.2) is 0 Å². The topological polar surface area (TPSA) is 37.4 Å². The summed E-state index contributed by atoms with van der Waals surface area (Å²) in [7, 11) is 0. The zero-order chi connectivity index (χ0) is 17.1. The van der Waals surface area contributed by atoms with E-state index in [9.17, 15) is 9.59 Å². The molecule has 1 aromatic carbocycles. The second kappa shape index (κ2) is 7.61. The first-order chi connectivity index (χ1) is 11.6. The summed E-state index contributed by atoms with van der Waals surface area (Å²) in [6, 6.07) is 11.6. The molecule has 2 aromatic rings. The largest absolute Gasteiger partial charge is 0.293 e. The van der Waals surface area contributed by atoms with Crippen molar-refractivity contribution in [2.24, 2.45) is 0 Å². The van der Waals surface area contributed by atoms with Gasteiger partial charge in [0.2, 0.25) is 0 Å². The quantitative estimate of drug-likeness (QED) is 0.477. The van der Waals surface area contributed by atoms with E-state index in [1.807, 2.05) is 36.4 Å². The van der Waals surface area contributed by atoms with E-state index >= 15 is 0 Å². The van der Waals surface area contributed by atoms with E-state index in [2.05, 4.69) is 6.58 Å². The second-order valence-corrected chi connectivity index (χ2v) is 8.71. The highest BCUT2D eigenvalue weighted by Crippen LogP contribution is 2.37. The third-order valence-electron chi connectivity index (χ3n) is 3.09. The molecule has 7 heteroatoms. The van der Waals surface area contributed by atoms with E-state index < -0.39 is 0 Å². The first kappa shape index (κ1) is 17.4. The van der Waals surface area contributed by atoms with Crippen molar-refractivity contribution < 1.29 is 9.59 Å². The lowest BCUT2D eigenvalue weighted by Gasteiger charge is -2.07. The number of nitrogens with zero attached hydrogens (tertiary/aromatic N) is 1. The van der Waals surface area contributed by atoms with Crippen LogP contribution in [-0.4, -0.2) is 22.6 Å². The van der Waals surface area contributed by atoms with E-state index in [0.717, 1.165) is 25.7 Å². The zero-order valence-corrected chi connectivity index (χ0v) is 15.6. The average molecular weight is 394 g/mol. The van der Waals surface area contributed by atoms with Crippen LogP contribution < -0.4 is 0 Å². The molecule has 0 bridgehead atoms. The molecule has 24 heavy (non-hydrogen) atoms. The van der Waals surface area contributed by atoms with Crippen LogP contribution in [-0.2, 0) is 4.79 Å². The molecule has 1 saturated heterocycles. The molecule has 0 N–H and O–H groups in total. The van der Waals surface area contributed by atoms with E-state index in [-0.39, 0.29) is 17.7 Å². The van der Waals surface area contributed by atoms with Gasteiger partial charge in [-0.05, 0) is 54.2 Å². The van der Waals surface area contributed by atoms with Gasteiger partial charge in [-0.2, -0.15) is 0 Å². The Morgan fingerprint density at radius 2 is 1.92 bits per heavy atom. The zero-order valence-electron chi connectivity index (χ0n) is 12.4. The lowest BCUT2D eigenvalue weighted by atomic mass is 10.3. The molecule has 0 atom stereocenters. The van der Waals surface area contributed by atoms with Crippen molar-refractivity contribution >= 4 is 63.7 Å². The van der Waals surface area contributed by atoms with Crippen molar-refractivity contribution in [1.29, 1.82) is 0 Å². The number of thioether (sulfide) groups is 1. The summed E-state index contributed by atoms with van der Waals surface area (Å²) in [5.74, 6) is -0.259. The molecule has 0 unspecified atom stereocenters. The van der Waals surface area contributed by atoms with Gasteiger partial charge in [0.05, 0.1) is 9.11 Å². The Morgan fingerprint density at radius 1 is 1.17 bits per heavy atom. The van der Waals surface area contributed by atoms with Gasteiger partial charge in [0.1, 0.15) is 0 Å². The summed E-state index contributed by atoms with van der Waals surface area (Å²) in [6.45, 7) is 3.81. The third-order valence-corrected chi connectivity index (χ3v) is 6.42. The number of carbonyl (C=O) groups is 2. The number of hydrogen-bond donors (Lipinski definition) is 0. The fraction of sp³-hybridized carbons (Fsp3) is 0.0588. The minimum atomic E-state index is -0.259. The molecule has 122 valence electrons. The molecule has 1 aliphatic heterocycles. The highest BCUT2D eigenvalue weighted by Gasteiger charge is 2.34. The molecule has 2 heterocycles. The molecule has 2 amide bonds. The fourth-order valence-corrected chi connectivity index (χ4v) is 5.11. The van der Waals surface area contributed by atoms with Gasteiger partial charge >= 0.3 is 0 Å². The molecule has 1 aromatic heterocycles. The Hall–Kier alpha value is -1.47. The maximum atomic E-state index is 12.2. The second-order valence-electron chi connectivity index (χ2n) is 4.79. The molecule has 3 rings (SSSR count). The van der Waals surface area contributed by atoms with Crippen molar-refractivity contribution in [3.8, 4) is 0 Å². The summed E-state index contributed by atoms with van der Waals surface area (Å²) in [6.07, 6.45) is 3.32. The number of imide groups is 1. The van der Waals surface area contributed by atoms with Crippen LogP contribution in [0, 0.1) is 0 Å². The highest BCUT2D eigenvalue weighted by molar-refractivity contribution is 8.18. The molecule has 0 aliphatic carbocycles. The van der Waals surface area contributed by atoms with Crippen molar-refractivity contribution in [3.63, 3.8) is 0 Å². The van der Waals surface area contributed by atoms with Crippen molar-refractivity contribution in [3.05, 3.63) is 63.9 Å². The standard InChI is InChI=1S/C17H12ClNO2S3/c1-2-9-19-16(20)14(24-17(19)21)10-13-7-8-15(23-13)22-12-5-3-11(18)4-6-12/h2-8,10H,1,9H2/b14-10-. The van der Waals surface area contributed by atoms with E-state index in [1.54, 1.807) is 35.3 Å². The lowest BCUT2D eigenvalue weighted by Crippen LogP contribution is -2.27. The first-order valence-corrected chi connectivity index (χ1v) is 9.79. The number of hydrogen-bond acceptors (Lipinski definition) is 5. The van der Waals surface area contributed by atoms with Crippen LogP contribution in [0.4, 0.5) is 4.79 Å². The molecule has 0 spiro atoms. The monoisotopic (exact) mass is 393 g/mol. The van der Waals surface area contributed by atoms with Crippen LogP contribution in [0.2, 0.25) is 5.02 Å². The number of amides is 2. The summed E-state index contributed by atoms with van der Waals surface area (Å²) < 4.78 is 1.11. The Labute approximate surface area is 157 Å². The Balaban J connectivity index is 1.74. The smallest absolute Gasteiger partial charge is 0.268 e. The Bertz CT molecular complexity index is 827. The first-order valence-electron chi connectivity index (χ1n) is 6.96. The van der Waals surface area contributed by atoms with Crippen LogP contribution >= 0.6 is 46.5 Å². The molecule has 1 fully saturated rings. The average Bonchev–Trinajstić information content (AvgIpc) is 3.10. The van der Waals surface area contributed by atoms with Gasteiger partial charge in [-0.15, -0.1) is 17.9 Å². The van der Waals surface area contributed by atoms with Gasteiger partial charge < -0.3 is 0 Å². The molecule has 3 nitrogen and oxygen atoms in total. The van der Waals surface area contributed by atoms with Gasteiger partial charge in [0.25, 0.3) is 11.1 Å². The van der Waals surface area contributed by atoms with Crippen LogP contribution in [0.15, 0.2) is 63.1 Å². The fourth-order valence-electron chi connectivity index (χ4n) is 2.00. The number of rotatable bonds is 5. The van der Waals surface area contributed by atoms with Gasteiger partial charge in [-0.25, -0.2) is 0 Å². The predicted molar refractivity (Wildman–Crippen MR) is 103 cm³/mol. The number of carbonyl (C=O) groups excluding carboxylic acids is 2. The summed E-state index contributed by atoms with van der Waals surface area (Å²) >= 11 is 10.1. The van der Waals surface area contributed by atoms with E-state index in [4.69, 9.17) is 11.6 Å². The minimum absolute atomic E-state index is 0.240. The molecule has 1 aliphatic rings. The lowest BCUT2D eigenvalue weighted by molar-refractivity contribution is -0.122. The summed E-state index contributed by atoms with van der Waals surface area (Å²) in [5, 5.41) is 0.458. The van der Waals surface area contributed by atoms with Gasteiger partial charge in [0, 0.05) is 21.3 Å². The van der Waals surface area contributed by atoms with Crippen molar-refractivity contribution in [1.82, 2.24) is 4.90 Å². The van der Waals surface area contributed by atoms with Crippen LogP contribution in [0.1, 0.15) is 4.88 Å². The van der Waals surface area contributed by atoms with Crippen LogP contribution in [0.5, 0.6) is 0 Å². The predicted octanol–water partition coefficient (Wildman–Crippen LogP) is 5.78. The Morgan fingerprint density at radius 3 is 2.62 bits per heavy atom. The number of benzene rings is 1. The minimum Gasteiger partial charge on any atom is -0.268 e. The summed E-state index contributed by atoms with van der Waals surface area (Å²) in [4.78, 5) is 27.7. The van der Waals surface area contributed by atoms with Crippen molar-refractivity contribution in [2.75, 3.05) is 6.54 Å². The van der Waals surface area contributed by atoms with Gasteiger partial charge in [-0.1, -0.05) is 29.4 Å². The maximum Gasteiger partial charge on any atom is 0.293 e. The normalized spacial score (nSPS) is 16.2. The number of halogens is 1. The maximum absolute atomic E-state index is 12.2. The number of thiophene rings is 1. The SMILES string of the molecule is C=CCN1C(=O)S/C(=C\c2ccc(Sc3ccc(Cl)cc3)s2)C1=O.